The zero-order chi connectivity index (χ0) is 31.4. The van der Waals surface area contributed by atoms with E-state index in [9.17, 15) is 18.0 Å². The van der Waals surface area contributed by atoms with Gasteiger partial charge in [-0.15, -0.1) is 0 Å². The quantitative estimate of drug-likeness (QED) is 0.0854. The molecule has 0 bridgehead atoms. The Kier molecular flexibility index (Phi) is 12.5. The number of carbonyl (C=O) groups excluding carboxylic acids is 1. The Bertz CT molecular complexity index is 1370. The van der Waals surface area contributed by atoms with Crippen LogP contribution in [0.15, 0.2) is 71.2 Å². The molecule has 1 unspecified atom stereocenters. The molecule has 0 radical (unpaired) electrons. The molecule has 0 aliphatic heterocycles. The molecular weight excluding hydrogens is 623 g/mol. The number of anilines is 2. The smallest absolute Gasteiger partial charge is 0.490 e. The standard InChI is InChI=1S/C26H30BrN5O3.C2HF3O2/c1-4-34-23-15-18(11-14-22(23)35-16(2)3)24(30-19-12-9-17(10-13-19)25(28)29)26(33)32-31-21-8-6-5-7-20(21)27;3-2(4,5)1(6)7/h5-16,24,30-31H,4H2,1-3H3,(H3,28,29)(H,32,33);(H,6,7). The molecule has 14 heteroatoms. The van der Waals surface area contributed by atoms with Crippen LogP contribution in [-0.2, 0) is 9.59 Å². The van der Waals surface area contributed by atoms with E-state index in [0.29, 0.717) is 34.9 Å². The largest absolute Gasteiger partial charge is 0.490 e. The van der Waals surface area contributed by atoms with Crippen LogP contribution >= 0.6 is 15.9 Å². The van der Waals surface area contributed by atoms with Crippen molar-refractivity contribution in [1.82, 2.24) is 5.43 Å². The number of para-hydroxylation sites is 1. The summed E-state index contributed by atoms with van der Waals surface area (Å²) >= 11 is 3.47. The van der Waals surface area contributed by atoms with E-state index in [2.05, 4.69) is 32.1 Å². The molecule has 3 aromatic carbocycles. The Hall–Kier alpha value is -4.46. The molecule has 0 saturated carbocycles. The second kappa shape index (κ2) is 15.5. The van der Waals surface area contributed by atoms with E-state index in [1.54, 1.807) is 30.3 Å². The van der Waals surface area contributed by atoms with Crippen molar-refractivity contribution in [2.45, 2.75) is 39.1 Å². The van der Waals surface area contributed by atoms with Crippen LogP contribution in [0.2, 0.25) is 0 Å². The van der Waals surface area contributed by atoms with Crippen LogP contribution in [-0.4, -0.2) is 41.7 Å². The first-order chi connectivity index (χ1) is 19.7. The third-order valence-corrected chi connectivity index (χ3v) is 5.86. The van der Waals surface area contributed by atoms with Gasteiger partial charge in [0, 0.05) is 15.7 Å². The van der Waals surface area contributed by atoms with Crippen molar-refractivity contribution in [2.75, 3.05) is 17.3 Å². The number of carboxylic acid groups (broad SMARTS) is 1. The maximum absolute atomic E-state index is 13.4. The Morgan fingerprint density at radius 1 is 1.05 bits per heavy atom. The third-order valence-electron chi connectivity index (χ3n) is 5.17. The minimum absolute atomic E-state index is 0.0226. The van der Waals surface area contributed by atoms with Crippen molar-refractivity contribution in [1.29, 1.82) is 5.41 Å². The van der Waals surface area contributed by atoms with Gasteiger partial charge in [-0.1, -0.05) is 18.2 Å². The first-order valence-electron chi connectivity index (χ1n) is 12.5. The highest BCUT2D eigenvalue weighted by molar-refractivity contribution is 9.10. The Balaban J connectivity index is 0.000000782. The number of alkyl halides is 3. The summed E-state index contributed by atoms with van der Waals surface area (Å²) < 4.78 is 44.2. The van der Waals surface area contributed by atoms with Crippen molar-refractivity contribution in [3.8, 4) is 11.5 Å². The van der Waals surface area contributed by atoms with Gasteiger partial charge in [0.05, 0.1) is 18.4 Å². The highest BCUT2D eigenvalue weighted by Gasteiger charge is 2.38. The van der Waals surface area contributed by atoms with Crippen LogP contribution < -0.4 is 31.4 Å². The molecule has 226 valence electrons. The SMILES string of the molecule is CCOc1cc(C(Nc2ccc(C(=N)N)cc2)C(=O)NNc2ccccc2Br)ccc1OC(C)C.O=C(O)C(F)(F)F. The van der Waals surface area contributed by atoms with E-state index in [-0.39, 0.29) is 17.8 Å². The summed E-state index contributed by atoms with van der Waals surface area (Å²) in [7, 11) is 0. The highest BCUT2D eigenvalue weighted by atomic mass is 79.9. The van der Waals surface area contributed by atoms with Gasteiger partial charge >= 0.3 is 12.1 Å². The van der Waals surface area contributed by atoms with Crippen molar-refractivity contribution >= 4 is 45.0 Å². The lowest BCUT2D eigenvalue weighted by Gasteiger charge is -2.23. The average molecular weight is 654 g/mol. The van der Waals surface area contributed by atoms with Gasteiger partial charge in [-0.2, -0.15) is 13.2 Å². The van der Waals surface area contributed by atoms with Gasteiger partial charge in [0.15, 0.2) is 11.5 Å². The molecule has 1 atom stereocenters. The minimum Gasteiger partial charge on any atom is -0.490 e. The number of halogens is 4. The van der Waals surface area contributed by atoms with Crippen LogP contribution in [0.3, 0.4) is 0 Å². The predicted molar refractivity (Wildman–Crippen MR) is 157 cm³/mol. The normalized spacial score (nSPS) is 11.4. The second-order valence-corrected chi connectivity index (χ2v) is 9.63. The van der Waals surface area contributed by atoms with Gasteiger partial charge in [0.1, 0.15) is 11.9 Å². The summed E-state index contributed by atoms with van der Waals surface area (Å²) in [6, 6.07) is 19.2. The van der Waals surface area contributed by atoms with E-state index in [4.69, 9.17) is 30.5 Å². The maximum Gasteiger partial charge on any atom is 0.490 e. The number of amidine groups is 1. The molecule has 0 saturated heterocycles. The number of nitrogen functional groups attached to an aromatic ring is 1. The van der Waals surface area contributed by atoms with E-state index < -0.39 is 18.2 Å². The van der Waals surface area contributed by atoms with E-state index in [1.165, 1.54) is 0 Å². The van der Waals surface area contributed by atoms with E-state index in [0.717, 1.165) is 10.2 Å². The Morgan fingerprint density at radius 3 is 2.19 bits per heavy atom. The summed E-state index contributed by atoms with van der Waals surface area (Å²) in [5.41, 5.74) is 14.0. The van der Waals surface area contributed by atoms with Gasteiger partial charge in [-0.05, 0) is 90.8 Å². The number of hydrogen-bond acceptors (Lipinski definition) is 7. The molecule has 10 nitrogen and oxygen atoms in total. The zero-order valence-corrected chi connectivity index (χ0v) is 24.5. The summed E-state index contributed by atoms with van der Waals surface area (Å²) in [6.07, 6.45) is -5.11. The molecule has 7 N–H and O–H groups in total. The van der Waals surface area contributed by atoms with Crippen LogP contribution in [0, 0.1) is 5.41 Å². The van der Waals surface area contributed by atoms with Gasteiger partial charge in [-0.25, -0.2) is 4.79 Å². The van der Waals surface area contributed by atoms with Crippen molar-refractivity contribution in [3.05, 3.63) is 82.3 Å². The topological polar surface area (TPSA) is 159 Å². The summed E-state index contributed by atoms with van der Waals surface area (Å²) in [6.45, 7) is 6.24. The molecule has 0 spiro atoms. The van der Waals surface area contributed by atoms with Crippen LogP contribution in [0.1, 0.15) is 37.9 Å². The fourth-order valence-electron chi connectivity index (χ4n) is 3.30. The molecule has 0 aliphatic rings. The van der Waals surface area contributed by atoms with Crippen LogP contribution in [0.25, 0.3) is 0 Å². The number of carbonyl (C=O) groups is 2. The molecule has 3 rings (SSSR count). The number of aliphatic carboxylic acids is 1. The average Bonchev–Trinajstić information content (AvgIpc) is 2.92. The predicted octanol–water partition coefficient (Wildman–Crippen LogP) is 5.85. The molecule has 0 heterocycles. The Morgan fingerprint density at radius 2 is 1.67 bits per heavy atom. The van der Waals surface area contributed by atoms with Crippen LogP contribution in [0.4, 0.5) is 24.5 Å². The molecule has 0 fully saturated rings. The molecule has 3 aromatic rings. The fourth-order valence-corrected chi connectivity index (χ4v) is 3.68. The molecule has 42 heavy (non-hydrogen) atoms. The van der Waals surface area contributed by atoms with Gasteiger partial charge in [0.25, 0.3) is 5.91 Å². The van der Waals surface area contributed by atoms with Gasteiger partial charge in [-0.3, -0.25) is 21.1 Å². The van der Waals surface area contributed by atoms with Crippen molar-refractivity contribution < 1.29 is 37.3 Å². The first kappa shape index (κ1) is 33.7. The second-order valence-electron chi connectivity index (χ2n) is 8.77. The van der Waals surface area contributed by atoms with E-state index >= 15 is 0 Å². The van der Waals surface area contributed by atoms with E-state index in [1.807, 2.05) is 57.2 Å². The lowest BCUT2D eigenvalue weighted by Crippen LogP contribution is -2.37. The van der Waals surface area contributed by atoms with Crippen LogP contribution in [0.5, 0.6) is 11.5 Å². The number of carboxylic acids is 1. The zero-order valence-electron chi connectivity index (χ0n) is 22.9. The number of rotatable bonds is 11. The van der Waals surface area contributed by atoms with Gasteiger partial charge < -0.3 is 25.6 Å². The third kappa shape index (κ3) is 10.5. The lowest BCUT2D eigenvalue weighted by atomic mass is 10.0. The van der Waals surface area contributed by atoms with Gasteiger partial charge in [0.2, 0.25) is 0 Å². The molecule has 0 aromatic heterocycles. The van der Waals surface area contributed by atoms with Crippen molar-refractivity contribution in [2.24, 2.45) is 5.73 Å². The number of nitrogens with one attached hydrogen (secondary N) is 4. The highest BCUT2D eigenvalue weighted by Crippen LogP contribution is 2.33. The number of ether oxygens (including phenoxy) is 2. The molecule has 0 aliphatic carbocycles. The number of hydrogen-bond donors (Lipinski definition) is 6. The minimum atomic E-state index is -5.08. The number of nitrogens with two attached hydrogens (primary N) is 1. The first-order valence-corrected chi connectivity index (χ1v) is 13.3. The monoisotopic (exact) mass is 653 g/mol. The number of benzene rings is 3. The molecular formula is C28H31BrF3N5O5. The summed E-state index contributed by atoms with van der Waals surface area (Å²) in [5.74, 6) is -1.92. The maximum atomic E-state index is 13.4. The summed E-state index contributed by atoms with van der Waals surface area (Å²) in [4.78, 5) is 22.3. The number of amides is 1. The molecule has 1 amide bonds. The van der Waals surface area contributed by atoms with Crippen molar-refractivity contribution in [3.63, 3.8) is 0 Å². The lowest BCUT2D eigenvalue weighted by molar-refractivity contribution is -0.192. The fraction of sp³-hybridized carbons (Fsp3) is 0.250. The number of hydrazine groups is 1. The summed E-state index contributed by atoms with van der Waals surface area (Å²) in [5, 5.41) is 18.0. The Labute approximate surface area is 249 Å².